The minimum Gasteiger partial charge on any atom is -0.319 e. The van der Waals surface area contributed by atoms with Crippen molar-refractivity contribution in [2.45, 2.75) is 6.92 Å². The van der Waals surface area contributed by atoms with Gasteiger partial charge in [-0.05, 0) is 43.3 Å². The van der Waals surface area contributed by atoms with E-state index in [9.17, 15) is 14.0 Å². The highest BCUT2D eigenvalue weighted by molar-refractivity contribution is 6.46. The number of carbonyl (C=O) groups is 2. The molecule has 0 saturated heterocycles. The summed E-state index contributed by atoms with van der Waals surface area (Å²) in [7, 11) is 0. The lowest BCUT2D eigenvalue weighted by atomic mass is 10.1. The average molecular weight is 257 g/mol. The van der Waals surface area contributed by atoms with E-state index in [1.807, 2.05) is 19.1 Å². The van der Waals surface area contributed by atoms with Crippen molar-refractivity contribution < 1.29 is 14.0 Å². The molecule has 0 bridgehead atoms. The molecule has 4 heteroatoms. The third-order valence-corrected chi connectivity index (χ3v) is 2.62. The number of halogens is 1. The first-order valence-electron chi connectivity index (χ1n) is 5.74. The van der Waals surface area contributed by atoms with E-state index in [0.717, 1.165) is 17.7 Å². The van der Waals surface area contributed by atoms with Gasteiger partial charge in [0.2, 0.25) is 0 Å². The fraction of sp³-hybridized carbons (Fsp3) is 0.0667. The third kappa shape index (κ3) is 3.25. The summed E-state index contributed by atoms with van der Waals surface area (Å²) in [4.78, 5) is 23.5. The first-order valence-corrected chi connectivity index (χ1v) is 5.74. The Hall–Kier alpha value is -2.49. The predicted molar refractivity (Wildman–Crippen MR) is 70.5 cm³/mol. The standard InChI is InChI=1S/C15H12FNO2/c1-10-2-8-13(9-3-10)17-15(19)14(18)11-4-6-12(16)7-5-11/h2-9H,1H3,(H,17,19). The smallest absolute Gasteiger partial charge is 0.296 e. The lowest BCUT2D eigenvalue weighted by molar-refractivity contribution is -0.112. The van der Waals surface area contributed by atoms with E-state index in [1.165, 1.54) is 12.1 Å². The van der Waals surface area contributed by atoms with Gasteiger partial charge in [-0.1, -0.05) is 17.7 Å². The molecule has 0 heterocycles. The first-order chi connectivity index (χ1) is 9.06. The number of ketones is 1. The van der Waals surface area contributed by atoms with Crippen LogP contribution < -0.4 is 5.32 Å². The van der Waals surface area contributed by atoms with Gasteiger partial charge in [-0.15, -0.1) is 0 Å². The molecule has 0 radical (unpaired) electrons. The highest BCUT2D eigenvalue weighted by Crippen LogP contribution is 2.10. The van der Waals surface area contributed by atoms with Crippen LogP contribution in [0, 0.1) is 12.7 Å². The van der Waals surface area contributed by atoms with Crippen LogP contribution in [0.3, 0.4) is 0 Å². The number of hydrogen-bond acceptors (Lipinski definition) is 2. The molecule has 0 aliphatic heterocycles. The average Bonchev–Trinajstić information content (AvgIpc) is 2.41. The molecular formula is C15H12FNO2. The minimum absolute atomic E-state index is 0.158. The topological polar surface area (TPSA) is 46.2 Å². The van der Waals surface area contributed by atoms with Crippen molar-refractivity contribution in [3.05, 3.63) is 65.5 Å². The molecule has 19 heavy (non-hydrogen) atoms. The first kappa shape index (κ1) is 13.0. The van der Waals surface area contributed by atoms with Crippen molar-refractivity contribution in [1.82, 2.24) is 0 Å². The van der Waals surface area contributed by atoms with Crippen LogP contribution in [0.4, 0.5) is 10.1 Å². The normalized spacial score (nSPS) is 10.0. The summed E-state index contributed by atoms with van der Waals surface area (Å²) in [5.41, 5.74) is 1.76. The second-order valence-electron chi connectivity index (χ2n) is 4.16. The number of hydrogen-bond donors (Lipinski definition) is 1. The fourth-order valence-electron chi connectivity index (χ4n) is 1.56. The summed E-state index contributed by atoms with van der Waals surface area (Å²) >= 11 is 0. The molecule has 2 aromatic rings. The van der Waals surface area contributed by atoms with Gasteiger partial charge < -0.3 is 5.32 Å². The molecular weight excluding hydrogens is 245 g/mol. The van der Waals surface area contributed by atoms with E-state index in [1.54, 1.807) is 12.1 Å². The molecule has 0 aliphatic carbocycles. The summed E-state index contributed by atoms with van der Waals surface area (Å²) < 4.78 is 12.7. The highest BCUT2D eigenvalue weighted by atomic mass is 19.1. The van der Waals surface area contributed by atoms with Gasteiger partial charge in [-0.2, -0.15) is 0 Å². The number of nitrogens with one attached hydrogen (secondary N) is 1. The van der Waals surface area contributed by atoms with Gasteiger partial charge in [-0.3, -0.25) is 9.59 Å². The highest BCUT2D eigenvalue weighted by Gasteiger charge is 2.16. The molecule has 2 rings (SSSR count). The van der Waals surface area contributed by atoms with Crippen LogP contribution in [-0.4, -0.2) is 11.7 Å². The molecule has 0 fully saturated rings. The van der Waals surface area contributed by atoms with Gasteiger partial charge in [0.15, 0.2) is 0 Å². The van der Waals surface area contributed by atoms with Gasteiger partial charge in [-0.25, -0.2) is 4.39 Å². The second-order valence-corrected chi connectivity index (χ2v) is 4.16. The van der Waals surface area contributed by atoms with Crippen molar-refractivity contribution in [1.29, 1.82) is 0 Å². The lowest BCUT2D eigenvalue weighted by Crippen LogP contribution is -2.22. The second kappa shape index (κ2) is 5.44. The van der Waals surface area contributed by atoms with E-state index in [0.29, 0.717) is 5.69 Å². The SMILES string of the molecule is Cc1ccc(NC(=O)C(=O)c2ccc(F)cc2)cc1. The van der Waals surface area contributed by atoms with Crippen LogP contribution in [0.1, 0.15) is 15.9 Å². The zero-order chi connectivity index (χ0) is 13.8. The lowest BCUT2D eigenvalue weighted by Gasteiger charge is -2.04. The van der Waals surface area contributed by atoms with Crippen molar-refractivity contribution in [3.63, 3.8) is 0 Å². The zero-order valence-electron chi connectivity index (χ0n) is 10.3. The summed E-state index contributed by atoms with van der Waals surface area (Å²) in [5.74, 6) is -1.88. The predicted octanol–water partition coefficient (Wildman–Crippen LogP) is 2.96. The van der Waals surface area contributed by atoms with Crippen molar-refractivity contribution >= 4 is 17.4 Å². The Morgan fingerprint density at radius 1 is 0.947 bits per heavy atom. The number of aryl methyl sites for hydroxylation is 1. The van der Waals surface area contributed by atoms with Crippen LogP contribution in [0.15, 0.2) is 48.5 Å². The van der Waals surface area contributed by atoms with E-state index < -0.39 is 17.5 Å². The molecule has 96 valence electrons. The fourth-order valence-corrected chi connectivity index (χ4v) is 1.56. The van der Waals surface area contributed by atoms with Crippen LogP contribution in [0.2, 0.25) is 0 Å². The van der Waals surface area contributed by atoms with Crippen molar-refractivity contribution in [3.8, 4) is 0 Å². The number of amides is 1. The molecule has 0 atom stereocenters. The van der Waals surface area contributed by atoms with Gasteiger partial charge in [0.25, 0.3) is 11.7 Å². The van der Waals surface area contributed by atoms with Gasteiger partial charge in [0, 0.05) is 11.3 Å². The maximum atomic E-state index is 12.7. The van der Waals surface area contributed by atoms with Gasteiger partial charge in [0.1, 0.15) is 5.82 Å². The Labute approximate surface area is 110 Å². The Morgan fingerprint density at radius 3 is 2.11 bits per heavy atom. The summed E-state index contributed by atoms with van der Waals surface area (Å²) in [6, 6.07) is 11.9. The molecule has 3 nitrogen and oxygen atoms in total. The number of benzene rings is 2. The Morgan fingerprint density at radius 2 is 1.53 bits per heavy atom. The molecule has 0 aromatic heterocycles. The van der Waals surface area contributed by atoms with Crippen molar-refractivity contribution in [2.24, 2.45) is 0 Å². The Bertz CT molecular complexity index is 603. The molecule has 2 aromatic carbocycles. The summed E-state index contributed by atoms with van der Waals surface area (Å²) in [5, 5.41) is 2.50. The number of carbonyl (C=O) groups excluding carboxylic acids is 2. The third-order valence-electron chi connectivity index (χ3n) is 2.62. The summed E-state index contributed by atoms with van der Waals surface area (Å²) in [6.45, 7) is 1.93. The van der Waals surface area contributed by atoms with Gasteiger partial charge in [0.05, 0.1) is 0 Å². The molecule has 0 aliphatic rings. The van der Waals surface area contributed by atoms with Gasteiger partial charge >= 0.3 is 0 Å². The van der Waals surface area contributed by atoms with Crippen LogP contribution in [0.5, 0.6) is 0 Å². The minimum atomic E-state index is -0.740. The number of Topliss-reactive ketones (excluding diaryl/α,β-unsaturated/α-hetero) is 1. The van der Waals surface area contributed by atoms with E-state index in [-0.39, 0.29) is 5.56 Å². The monoisotopic (exact) mass is 257 g/mol. The number of anilines is 1. The molecule has 0 spiro atoms. The van der Waals surface area contributed by atoms with E-state index in [4.69, 9.17) is 0 Å². The summed E-state index contributed by atoms with van der Waals surface area (Å²) in [6.07, 6.45) is 0. The maximum Gasteiger partial charge on any atom is 0.296 e. The van der Waals surface area contributed by atoms with Crippen LogP contribution in [0.25, 0.3) is 0 Å². The largest absolute Gasteiger partial charge is 0.319 e. The number of rotatable bonds is 3. The molecule has 1 N–H and O–H groups in total. The molecule has 0 unspecified atom stereocenters. The Balaban J connectivity index is 2.09. The van der Waals surface area contributed by atoms with E-state index >= 15 is 0 Å². The zero-order valence-corrected chi connectivity index (χ0v) is 10.3. The quantitative estimate of drug-likeness (QED) is 0.678. The molecule has 0 saturated carbocycles. The maximum absolute atomic E-state index is 12.7. The van der Waals surface area contributed by atoms with E-state index in [2.05, 4.69) is 5.32 Å². The molecule has 1 amide bonds. The van der Waals surface area contributed by atoms with Crippen LogP contribution in [-0.2, 0) is 4.79 Å². The Kier molecular flexibility index (Phi) is 3.71. The van der Waals surface area contributed by atoms with Crippen LogP contribution >= 0.6 is 0 Å². The van der Waals surface area contributed by atoms with Crippen molar-refractivity contribution in [2.75, 3.05) is 5.32 Å².